The summed E-state index contributed by atoms with van der Waals surface area (Å²) in [4.78, 5) is 12.7. The predicted octanol–water partition coefficient (Wildman–Crippen LogP) is 5.78. The fourth-order valence-corrected chi connectivity index (χ4v) is 6.91. The lowest BCUT2D eigenvalue weighted by atomic mass is 9.99. The Bertz CT molecular complexity index is 1350. The number of piperidine rings is 1. The molecule has 2 fully saturated rings. The van der Waals surface area contributed by atoms with Crippen LogP contribution in [0.1, 0.15) is 42.9 Å². The molecule has 0 spiro atoms. The quantitative estimate of drug-likeness (QED) is 0.308. The van der Waals surface area contributed by atoms with E-state index in [1.165, 1.54) is 30.5 Å². The lowest BCUT2D eigenvalue weighted by molar-refractivity contribution is 0.0310. The van der Waals surface area contributed by atoms with Crippen LogP contribution in [0.5, 0.6) is 0 Å². The van der Waals surface area contributed by atoms with Crippen molar-refractivity contribution in [1.82, 2.24) is 14.9 Å². The number of thiophene rings is 1. The number of hydrogen-bond acceptors (Lipinski definition) is 7. The van der Waals surface area contributed by atoms with Gasteiger partial charge in [0.15, 0.2) is 0 Å². The normalized spacial score (nSPS) is 22.4. The maximum atomic E-state index is 13.4. The maximum absolute atomic E-state index is 13.4. The number of aromatic nitrogens is 2. The first kappa shape index (κ1) is 24.4. The second-order valence-corrected chi connectivity index (χ2v) is 11.2. The van der Waals surface area contributed by atoms with Gasteiger partial charge in [0.1, 0.15) is 18.0 Å². The molecule has 3 atom stereocenters. The van der Waals surface area contributed by atoms with E-state index >= 15 is 0 Å². The number of nitrogens with one attached hydrogen (secondary N) is 1. The van der Waals surface area contributed by atoms with Gasteiger partial charge in [-0.3, -0.25) is 4.90 Å². The van der Waals surface area contributed by atoms with E-state index in [-0.39, 0.29) is 18.0 Å². The van der Waals surface area contributed by atoms with Crippen LogP contribution in [0.2, 0.25) is 0 Å². The van der Waals surface area contributed by atoms with Gasteiger partial charge < -0.3 is 15.2 Å². The van der Waals surface area contributed by atoms with Crippen LogP contribution in [0.25, 0.3) is 20.7 Å². The van der Waals surface area contributed by atoms with E-state index in [2.05, 4.69) is 50.5 Å². The van der Waals surface area contributed by atoms with Crippen molar-refractivity contribution in [1.29, 1.82) is 0 Å². The molecule has 4 aromatic rings. The fourth-order valence-electron chi connectivity index (χ4n) is 5.84. The third-order valence-electron chi connectivity index (χ3n) is 7.69. The monoisotopic (exact) mass is 518 g/mol. The van der Waals surface area contributed by atoms with E-state index in [1.54, 1.807) is 36.9 Å². The molecule has 2 aromatic heterocycles. The number of hydrogen-bond donors (Lipinski definition) is 2. The molecule has 6 rings (SSSR count). The zero-order valence-electron chi connectivity index (χ0n) is 20.8. The molecule has 6 nitrogen and oxygen atoms in total. The smallest absolute Gasteiger partial charge is 0.148 e. The Labute approximate surface area is 220 Å². The Morgan fingerprint density at radius 1 is 1.08 bits per heavy atom. The highest BCUT2D eigenvalue weighted by Crippen LogP contribution is 2.39. The van der Waals surface area contributed by atoms with Gasteiger partial charge in [0.25, 0.3) is 0 Å². The van der Waals surface area contributed by atoms with Crippen molar-refractivity contribution < 1.29 is 14.2 Å². The zero-order valence-corrected chi connectivity index (χ0v) is 21.6. The van der Waals surface area contributed by atoms with E-state index in [4.69, 9.17) is 4.74 Å². The van der Waals surface area contributed by atoms with Crippen LogP contribution in [0.4, 0.5) is 10.2 Å². The number of benzene rings is 2. The van der Waals surface area contributed by atoms with E-state index in [0.29, 0.717) is 18.7 Å². The molecule has 2 aliphatic rings. The van der Waals surface area contributed by atoms with Crippen molar-refractivity contribution in [2.75, 3.05) is 19.0 Å². The van der Waals surface area contributed by atoms with Gasteiger partial charge in [-0.25, -0.2) is 14.4 Å². The molecule has 0 aliphatic carbocycles. The number of methoxy groups -OCH3 is 1. The largest absolute Gasteiger partial charge is 0.393 e. The first-order valence-corrected chi connectivity index (χ1v) is 13.7. The SMILES string of the molecule is COC[C@@H](Nc1ncnc2cc(-c3ccc(CN4C5CCC4CC(O)C5)cc3)sc12)c1ccc(F)cc1. The third-order valence-corrected chi connectivity index (χ3v) is 8.87. The number of fused-ring (bicyclic) bond motifs is 3. The Hall–Kier alpha value is -2.91. The Kier molecular flexibility index (Phi) is 6.90. The molecule has 8 heteroatoms. The molecule has 37 heavy (non-hydrogen) atoms. The molecule has 2 N–H and O–H groups in total. The molecule has 2 bridgehead atoms. The van der Waals surface area contributed by atoms with Gasteiger partial charge in [-0.1, -0.05) is 36.4 Å². The van der Waals surface area contributed by atoms with Crippen molar-refractivity contribution in [3.63, 3.8) is 0 Å². The number of ether oxygens (including phenoxy) is 1. The molecule has 2 saturated heterocycles. The highest BCUT2D eigenvalue weighted by atomic mass is 32.1. The minimum absolute atomic E-state index is 0.132. The molecule has 2 unspecified atom stereocenters. The first-order valence-electron chi connectivity index (χ1n) is 12.9. The van der Waals surface area contributed by atoms with Gasteiger partial charge in [0.05, 0.1) is 29.0 Å². The van der Waals surface area contributed by atoms with E-state index in [0.717, 1.165) is 51.4 Å². The van der Waals surface area contributed by atoms with Crippen molar-refractivity contribution in [3.05, 3.63) is 77.9 Å². The highest BCUT2D eigenvalue weighted by Gasteiger charge is 2.39. The molecule has 2 aromatic carbocycles. The number of halogens is 1. The van der Waals surface area contributed by atoms with Crippen LogP contribution in [0.15, 0.2) is 60.9 Å². The predicted molar refractivity (Wildman–Crippen MR) is 145 cm³/mol. The summed E-state index contributed by atoms with van der Waals surface area (Å²) in [6.45, 7) is 1.37. The molecule has 0 saturated carbocycles. The molecule has 0 amide bonds. The Morgan fingerprint density at radius 2 is 1.81 bits per heavy atom. The summed E-state index contributed by atoms with van der Waals surface area (Å²) in [6, 6.07) is 18.2. The van der Waals surface area contributed by atoms with Gasteiger partial charge >= 0.3 is 0 Å². The lowest BCUT2D eigenvalue weighted by Gasteiger charge is -2.37. The second-order valence-electron chi connectivity index (χ2n) is 10.1. The fraction of sp³-hybridized carbons (Fsp3) is 0.379. The minimum atomic E-state index is -0.264. The van der Waals surface area contributed by atoms with Gasteiger partial charge in [-0.2, -0.15) is 0 Å². The van der Waals surface area contributed by atoms with E-state index in [9.17, 15) is 9.50 Å². The molecular weight excluding hydrogens is 487 g/mol. The summed E-state index contributed by atoms with van der Waals surface area (Å²) in [5.74, 6) is 0.479. The number of rotatable bonds is 8. The summed E-state index contributed by atoms with van der Waals surface area (Å²) in [5.41, 5.74) is 4.28. The number of nitrogens with zero attached hydrogens (tertiary/aromatic N) is 3. The van der Waals surface area contributed by atoms with Crippen molar-refractivity contribution in [3.8, 4) is 10.4 Å². The average molecular weight is 519 g/mol. The topological polar surface area (TPSA) is 70.5 Å². The minimum Gasteiger partial charge on any atom is -0.393 e. The first-order chi connectivity index (χ1) is 18.1. The molecule has 192 valence electrons. The van der Waals surface area contributed by atoms with Crippen LogP contribution in [-0.2, 0) is 11.3 Å². The Morgan fingerprint density at radius 3 is 2.51 bits per heavy atom. The van der Waals surface area contributed by atoms with Crippen LogP contribution < -0.4 is 5.32 Å². The average Bonchev–Trinajstić information content (AvgIpc) is 3.44. The molecule has 0 radical (unpaired) electrons. The molecule has 2 aliphatic heterocycles. The maximum Gasteiger partial charge on any atom is 0.148 e. The van der Waals surface area contributed by atoms with Crippen LogP contribution >= 0.6 is 11.3 Å². The van der Waals surface area contributed by atoms with Crippen molar-refractivity contribution in [2.45, 2.75) is 56.5 Å². The van der Waals surface area contributed by atoms with E-state index in [1.807, 2.05) is 0 Å². The number of anilines is 1. The molecular formula is C29H31FN4O2S. The number of aliphatic hydroxyl groups is 1. The van der Waals surface area contributed by atoms with Crippen molar-refractivity contribution in [2.24, 2.45) is 0 Å². The third kappa shape index (κ3) is 5.11. The standard InChI is InChI=1S/C29H31FN4O2S/c1-36-16-26(19-6-8-21(30)9-7-19)33-29-28-25(31-17-32-29)14-27(37-28)20-4-2-18(3-5-20)15-34-22-10-11-23(34)13-24(35)12-22/h2-9,14,17,22-24,26,35H,10-13,15-16H2,1H3,(H,31,32,33)/t22?,23?,24?,26-/m1/s1. The summed E-state index contributed by atoms with van der Waals surface area (Å²) < 4.78 is 19.8. The van der Waals surface area contributed by atoms with Crippen LogP contribution in [-0.4, -0.2) is 51.9 Å². The summed E-state index contributed by atoms with van der Waals surface area (Å²) in [7, 11) is 1.65. The summed E-state index contributed by atoms with van der Waals surface area (Å²) in [6.07, 6.45) is 5.65. The zero-order chi connectivity index (χ0) is 25.4. The van der Waals surface area contributed by atoms with Gasteiger partial charge in [-0.05, 0) is 60.6 Å². The second kappa shape index (κ2) is 10.5. The lowest BCUT2D eigenvalue weighted by Crippen LogP contribution is -2.44. The molecule has 4 heterocycles. The number of aliphatic hydroxyl groups excluding tert-OH is 1. The van der Waals surface area contributed by atoms with Crippen LogP contribution in [0, 0.1) is 5.82 Å². The highest BCUT2D eigenvalue weighted by molar-refractivity contribution is 7.22. The van der Waals surface area contributed by atoms with Crippen molar-refractivity contribution >= 4 is 27.4 Å². The summed E-state index contributed by atoms with van der Waals surface area (Å²) in [5, 5.41) is 13.6. The van der Waals surface area contributed by atoms with Gasteiger partial charge in [-0.15, -0.1) is 11.3 Å². The summed E-state index contributed by atoms with van der Waals surface area (Å²) >= 11 is 1.66. The Balaban J connectivity index is 1.21. The van der Waals surface area contributed by atoms with Crippen LogP contribution in [0.3, 0.4) is 0 Å². The van der Waals surface area contributed by atoms with Gasteiger partial charge in [0.2, 0.25) is 0 Å². The van der Waals surface area contributed by atoms with Gasteiger partial charge in [0, 0.05) is 30.6 Å². The van der Waals surface area contributed by atoms with E-state index < -0.39 is 0 Å².